The molecule has 2 aromatic carbocycles. The fourth-order valence-corrected chi connectivity index (χ4v) is 3.96. The van der Waals surface area contributed by atoms with Crippen molar-refractivity contribution in [2.24, 2.45) is 7.05 Å². The van der Waals surface area contributed by atoms with E-state index in [4.69, 9.17) is 14.5 Å². The minimum absolute atomic E-state index is 0.308. The number of methoxy groups -OCH3 is 2. The number of halogens is 1. The maximum Gasteiger partial charge on any atom is 0.124 e. The zero-order chi connectivity index (χ0) is 25.7. The van der Waals surface area contributed by atoms with E-state index in [0.29, 0.717) is 31.1 Å². The quantitative estimate of drug-likeness (QED) is 0.298. The van der Waals surface area contributed by atoms with E-state index in [1.165, 1.54) is 0 Å². The maximum atomic E-state index is 13.9. The van der Waals surface area contributed by atoms with Crippen LogP contribution in [0.2, 0.25) is 0 Å². The SMILES string of the molecule is COc1cc(OC)cc(N(CCCNCC(C)(C)F)c2ccc3ncc(-c4cnn(C)c4)nc3c2)c1. The van der Waals surface area contributed by atoms with Gasteiger partial charge in [-0.3, -0.25) is 9.67 Å². The molecule has 2 aromatic heterocycles. The van der Waals surface area contributed by atoms with Crippen molar-refractivity contribution in [3.8, 4) is 22.8 Å². The van der Waals surface area contributed by atoms with E-state index in [1.54, 1.807) is 45.1 Å². The van der Waals surface area contributed by atoms with E-state index in [9.17, 15) is 4.39 Å². The lowest BCUT2D eigenvalue weighted by molar-refractivity contribution is 0.210. The zero-order valence-corrected chi connectivity index (χ0v) is 21.5. The van der Waals surface area contributed by atoms with Crippen LogP contribution in [0.25, 0.3) is 22.3 Å². The van der Waals surface area contributed by atoms with Crippen molar-refractivity contribution in [1.29, 1.82) is 0 Å². The molecule has 9 heteroatoms. The van der Waals surface area contributed by atoms with E-state index in [2.05, 4.69) is 20.3 Å². The summed E-state index contributed by atoms with van der Waals surface area (Å²) in [5.74, 6) is 1.40. The molecule has 0 aliphatic heterocycles. The minimum atomic E-state index is -1.25. The molecule has 36 heavy (non-hydrogen) atoms. The lowest BCUT2D eigenvalue weighted by Gasteiger charge is -2.26. The topological polar surface area (TPSA) is 77.3 Å². The summed E-state index contributed by atoms with van der Waals surface area (Å²) in [6.07, 6.45) is 6.26. The van der Waals surface area contributed by atoms with Crippen molar-refractivity contribution >= 4 is 22.4 Å². The van der Waals surface area contributed by atoms with Crippen LogP contribution in [0.3, 0.4) is 0 Å². The highest BCUT2D eigenvalue weighted by molar-refractivity contribution is 5.82. The Kier molecular flexibility index (Phi) is 7.69. The van der Waals surface area contributed by atoms with Crippen LogP contribution in [0.4, 0.5) is 15.8 Å². The van der Waals surface area contributed by atoms with Gasteiger partial charge in [-0.05, 0) is 45.0 Å². The normalized spacial score (nSPS) is 11.6. The molecule has 0 bridgehead atoms. The first-order valence-corrected chi connectivity index (χ1v) is 11.9. The summed E-state index contributed by atoms with van der Waals surface area (Å²) >= 11 is 0. The van der Waals surface area contributed by atoms with Gasteiger partial charge in [0, 0.05) is 61.5 Å². The van der Waals surface area contributed by atoms with Crippen molar-refractivity contribution in [3.63, 3.8) is 0 Å². The highest BCUT2D eigenvalue weighted by Crippen LogP contribution is 2.34. The number of alkyl halides is 1. The monoisotopic (exact) mass is 492 g/mol. The van der Waals surface area contributed by atoms with Gasteiger partial charge in [0.15, 0.2) is 0 Å². The Morgan fingerprint density at radius 2 is 1.75 bits per heavy atom. The second-order valence-corrected chi connectivity index (χ2v) is 9.30. The molecule has 0 spiro atoms. The predicted molar refractivity (Wildman–Crippen MR) is 141 cm³/mol. The van der Waals surface area contributed by atoms with Crippen LogP contribution in [0.5, 0.6) is 11.5 Å². The third-order valence-electron chi connectivity index (χ3n) is 5.77. The standard InChI is InChI=1S/C27H33FN6O2/c1-27(2,28)18-29-9-6-10-34(21-11-22(35-4)14-23(12-21)36-5)20-7-8-24-25(13-20)32-26(16-30-24)19-15-31-33(3)17-19/h7-8,11-17,29H,6,9-10,18H2,1-5H3. The van der Waals surface area contributed by atoms with Crippen molar-refractivity contribution in [1.82, 2.24) is 25.1 Å². The van der Waals surface area contributed by atoms with Gasteiger partial charge in [-0.25, -0.2) is 9.37 Å². The summed E-state index contributed by atoms with van der Waals surface area (Å²) in [4.78, 5) is 11.6. The van der Waals surface area contributed by atoms with Gasteiger partial charge in [0.1, 0.15) is 17.2 Å². The van der Waals surface area contributed by atoms with Crippen LogP contribution in [-0.4, -0.2) is 59.3 Å². The Morgan fingerprint density at radius 1 is 1.00 bits per heavy atom. The Morgan fingerprint density at radius 3 is 2.39 bits per heavy atom. The summed E-state index contributed by atoms with van der Waals surface area (Å²) < 4.78 is 26.6. The van der Waals surface area contributed by atoms with Gasteiger partial charge < -0.3 is 19.7 Å². The van der Waals surface area contributed by atoms with E-state index in [0.717, 1.165) is 40.1 Å². The molecule has 2 heterocycles. The Labute approximate surface area is 211 Å². The molecule has 0 atom stereocenters. The molecule has 8 nitrogen and oxygen atoms in total. The molecule has 4 rings (SSSR count). The van der Waals surface area contributed by atoms with Gasteiger partial charge in [0.25, 0.3) is 0 Å². The maximum absolute atomic E-state index is 13.9. The van der Waals surface area contributed by atoms with Gasteiger partial charge in [-0.1, -0.05) is 0 Å². The highest BCUT2D eigenvalue weighted by atomic mass is 19.1. The van der Waals surface area contributed by atoms with Crippen molar-refractivity contribution in [2.75, 3.05) is 38.8 Å². The van der Waals surface area contributed by atoms with E-state index in [1.807, 2.05) is 49.6 Å². The minimum Gasteiger partial charge on any atom is -0.497 e. The highest BCUT2D eigenvalue weighted by Gasteiger charge is 2.16. The first-order chi connectivity index (χ1) is 17.3. The molecule has 0 radical (unpaired) electrons. The number of aromatic nitrogens is 4. The molecule has 0 aliphatic rings. The van der Waals surface area contributed by atoms with E-state index >= 15 is 0 Å². The summed E-state index contributed by atoms with van der Waals surface area (Å²) in [6.45, 7) is 4.83. The number of nitrogens with zero attached hydrogens (tertiary/aromatic N) is 5. The van der Waals surface area contributed by atoms with Crippen LogP contribution < -0.4 is 19.7 Å². The second-order valence-electron chi connectivity index (χ2n) is 9.30. The molecule has 0 amide bonds. The smallest absolute Gasteiger partial charge is 0.124 e. The van der Waals surface area contributed by atoms with Crippen LogP contribution in [0.1, 0.15) is 20.3 Å². The first-order valence-electron chi connectivity index (χ1n) is 11.9. The summed E-state index contributed by atoms with van der Waals surface area (Å²) in [5, 5.41) is 7.45. The lowest BCUT2D eigenvalue weighted by Crippen LogP contribution is -2.33. The van der Waals surface area contributed by atoms with Crippen LogP contribution in [0, 0.1) is 0 Å². The molecule has 4 aromatic rings. The fraction of sp³-hybridized carbons (Fsp3) is 0.370. The summed E-state index contributed by atoms with van der Waals surface area (Å²) in [6, 6.07) is 11.8. The number of ether oxygens (including phenoxy) is 2. The molecule has 190 valence electrons. The average Bonchev–Trinajstić information content (AvgIpc) is 3.30. The Balaban J connectivity index is 1.67. The summed E-state index contributed by atoms with van der Waals surface area (Å²) in [7, 11) is 5.15. The van der Waals surface area contributed by atoms with Crippen LogP contribution in [0.15, 0.2) is 55.0 Å². The Bertz CT molecular complexity index is 1300. The fourth-order valence-electron chi connectivity index (χ4n) is 3.96. The molecule has 0 saturated carbocycles. The molecule has 0 aliphatic carbocycles. The number of aryl methyl sites for hydroxylation is 1. The third-order valence-corrected chi connectivity index (χ3v) is 5.77. The van der Waals surface area contributed by atoms with E-state index in [-0.39, 0.29) is 0 Å². The number of fused-ring (bicyclic) bond motifs is 1. The Hall–Kier alpha value is -3.72. The number of anilines is 2. The number of hydrogen-bond acceptors (Lipinski definition) is 7. The second kappa shape index (κ2) is 10.9. The number of nitrogens with one attached hydrogen (secondary N) is 1. The van der Waals surface area contributed by atoms with Crippen molar-refractivity contribution in [2.45, 2.75) is 25.9 Å². The zero-order valence-electron chi connectivity index (χ0n) is 21.5. The lowest BCUT2D eigenvalue weighted by atomic mass is 10.1. The number of rotatable bonds is 11. The van der Waals surface area contributed by atoms with Gasteiger partial charge in [0.05, 0.1) is 43.3 Å². The van der Waals surface area contributed by atoms with Crippen LogP contribution >= 0.6 is 0 Å². The largest absolute Gasteiger partial charge is 0.497 e. The van der Waals surface area contributed by atoms with Gasteiger partial charge >= 0.3 is 0 Å². The molecular weight excluding hydrogens is 459 g/mol. The van der Waals surface area contributed by atoms with Gasteiger partial charge in [-0.15, -0.1) is 0 Å². The number of benzene rings is 2. The predicted octanol–water partition coefficient (Wildman–Crippen LogP) is 4.91. The summed E-state index contributed by atoms with van der Waals surface area (Å²) in [5.41, 5.74) is 3.90. The first kappa shape index (κ1) is 25.4. The van der Waals surface area contributed by atoms with Crippen molar-refractivity contribution < 1.29 is 13.9 Å². The number of hydrogen-bond donors (Lipinski definition) is 1. The van der Waals surface area contributed by atoms with Gasteiger partial charge in [-0.2, -0.15) is 5.10 Å². The molecule has 0 fully saturated rings. The average molecular weight is 493 g/mol. The van der Waals surface area contributed by atoms with Crippen molar-refractivity contribution in [3.05, 3.63) is 55.0 Å². The molecule has 0 unspecified atom stereocenters. The van der Waals surface area contributed by atoms with Crippen LogP contribution in [-0.2, 0) is 7.05 Å². The molecular formula is C27H33FN6O2. The van der Waals surface area contributed by atoms with E-state index < -0.39 is 5.67 Å². The molecule has 1 N–H and O–H groups in total. The third kappa shape index (κ3) is 6.28. The van der Waals surface area contributed by atoms with Gasteiger partial charge in [0.2, 0.25) is 0 Å². The molecule has 0 saturated heterocycles.